The second-order valence-corrected chi connectivity index (χ2v) is 6.54. The van der Waals surface area contributed by atoms with Crippen molar-refractivity contribution in [2.45, 2.75) is 37.1 Å². The number of benzene rings is 1. The lowest BCUT2D eigenvalue weighted by Crippen LogP contribution is -2.49. The molecule has 4 atom stereocenters. The van der Waals surface area contributed by atoms with Crippen molar-refractivity contribution in [3.8, 4) is 5.75 Å². The Morgan fingerprint density at radius 3 is 2.72 bits per heavy atom. The quantitative estimate of drug-likeness (QED) is 0.832. The number of pyridine rings is 1. The maximum absolute atomic E-state index is 13.0. The molecule has 3 N–H and O–H groups in total. The Morgan fingerprint density at radius 1 is 1.28 bits per heavy atom. The average molecular weight is 345 g/mol. The fraction of sp³-hybridized carbons (Fsp3) is 0.421. The number of ether oxygens (including phenoxy) is 1. The Labute approximate surface area is 147 Å². The van der Waals surface area contributed by atoms with E-state index in [0.717, 1.165) is 18.7 Å². The van der Waals surface area contributed by atoms with Gasteiger partial charge in [0, 0.05) is 37.3 Å². The van der Waals surface area contributed by atoms with Gasteiger partial charge in [-0.1, -0.05) is 6.07 Å². The Balaban J connectivity index is 1.59. The van der Waals surface area contributed by atoms with E-state index >= 15 is 0 Å². The van der Waals surface area contributed by atoms with Crippen molar-refractivity contribution >= 4 is 0 Å². The predicted molar refractivity (Wildman–Crippen MR) is 93.8 cm³/mol. The normalized spacial score (nSPS) is 26.1. The zero-order valence-electron chi connectivity index (χ0n) is 14.3. The molecular weight excluding hydrogens is 321 g/mol. The van der Waals surface area contributed by atoms with Gasteiger partial charge in [-0.15, -0.1) is 0 Å². The number of rotatable bonds is 6. The molecule has 0 bridgehead atoms. The Kier molecular flexibility index (Phi) is 5.63. The maximum atomic E-state index is 13.0. The molecule has 1 aliphatic rings. The largest absolute Gasteiger partial charge is 0.488 e. The first-order valence-corrected chi connectivity index (χ1v) is 8.50. The fourth-order valence-electron chi connectivity index (χ4n) is 3.40. The third-order valence-corrected chi connectivity index (χ3v) is 4.73. The van der Waals surface area contributed by atoms with Gasteiger partial charge in [-0.05, 0) is 43.4 Å². The fourth-order valence-corrected chi connectivity index (χ4v) is 3.40. The topological polar surface area (TPSA) is 71.6 Å². The molecule has 0 spiro atoms. The minimum absolute atomic E-state index is 0.186. The van der Waals surface area contributed by atoms with Crippen LogP contribution in [0.15, 0.2) is 48.7 Å². The van der Waals surface area contributed by atoms with Crippen LogP contribution in [-0.2, 0) is 6.42 Å². The van der Waals surface area contributed by atoms with Crippen molar-refractivity contribution in [3.63, 3.8) is 0 Å². The number of hydrogen-bond donors (Lipinski definition) is 2. The van der Waals surface area contributed by atoms with Crippen molar-refractivity contribution in [1.29, 1.82) is 0 Å². The van der Waals surface area contributed by atoms with Crippen LogP contribution in [0.2, 0.25) is 0 Å². The zero-order chi connectivity index (χ0) is 17.8. The van der Waals surface area contributed by atoms with E-state index in [1.54, 1.807) is 18.3 Å². The van der Waals surface area contributed by atoms with E-state index in [2.05, 4.69) is 9.88 Å². The predicted octanol–water partition coefficient (Wildman–Crippen LogP) is 1.60. The Hall–Kier alpha value is -2.02. The summed E-state index contributed by atoms with van der Waals surface area (Å²) in [5.74, 6) is 0.220. The summed E-state index contributed by atoms with van der Waals surface area (Å²) in [5, 5.41) is 10.7. The molecule has 1 aromatic heterocycles. The molecule has 0 amide bonds. The molecule has 1 saturated carbocycles. The van der Waals surface area contributed by atoms with Crippen molar-refractivity contribution in [2.75, 3.05) is 13.6 Å². The van der Waals surface area contributed by atoms with E-state index in [0.29, 0.717) is 12.2 Å². The highest BCUT2D eigenvalue weighted by molar-refractivity contribution is 5.23. The van der Waals surface area contributed by atoms with E-state index in [1.807, 2.05) is 25.2 Å². The van der Waals surface area contributed by atoms with Crippen LogP contribution in [0.1, 0.15) is 12.1 Å². The highest BCUT2D eigenvalue weighted by Gasteiger charge is 2.44. The van der Waals surface area contributed by atoms with Crippen molar-refractivity contribution in [2.24, 2.45) is 5.73 Å². The van der Waals surface area contributed by atoms with E-state index in [1.165, 1.54) is 12.1 Å². The molecule has 0 saturated heterocycles. The Morgan fingerprint density at radius 2 is 2.04 bits per heavy atom. The molecule has 1 aliphatic carbocycles. The van der Waals surface area contributed by atoms with E-state index in [9.17, 15) is 9.50 Å². The lowest BCUT2D eigenvalue weighted by Gasteiger charge is -2.30. The van der Waals surface area contributed by atoms with Crippen molar-refractivity contribution in [1.82, 2.24) is 9.88 Å². The summed E-state index contributed by atoms with van der Waals surface area (Å²) in [6.45, 7) is 0.746. The van der Waals surface area contributed by atoms with Crippen LogP contribution in [0.5, 0.6) is 5.75 Å². The van der Waals surface area contributed by atoms with Crippen molar-refractivity contribution in [3.05, 3.63) is 60.2 Å². The lowest BCUT2D eigenvalue weighted by atomic mass is 10.1. The van der Waals surface area contributed by atoms with Gasteiger partial charge in [-0.3, -0.25) is 9.88 Å². The molecule has 2 aromatic rings. The summed E-state index contributed by atoms with van der Waals surface area (Å²) in [6.07, 6.45) is 2.02. The second kappa shape index (κ2) is 7.91. The SMILES string of the molecule is CN(CCc1ccccn1)[C@@H]1[C@@H](O)[C@H](Oc2ccc(F)cc2)C[C@H]1N. The van der Waals surface area contributed by atoms with Crippen LogP contribution >= 0.6 is 0 Å². The van der Waals surface area contributed by atoms with Crippen LogP contribution in [0.4, 0.5) is 4.39 Å². The number of aliphatic hydroxyl groups excluding tert-OH is 1. The number of nitrogens with zero attached hydrogens (tertiary/aromatic N) is 2. The summed E-state index contributed by atoms with van der Waals surface area (Å²) in [4.78, 5) is 6.39. The van der Waals surface area contributed by atoms with E-state index < -0.39 is 12.2 Å². The van der Waals surface area contributed by atoms with Gasteiger partial charge in [0.15, 0.2) is 0 Å². The standard InChI is InChI=1S/C19H24FN3O2/c1-23(11-9-14-4-2-3-10-22-14)18-16(21)12-17(19(18)24)25-15-7-5-13(20)6-8-15/h2-8,10,16-19,24H,9,11-12,21H2,1H3/t16-,17-,18+,19+/m1/s1. The minimum atomic E-state index is -0.700. The van der Waals surface area contributed by atoms with E-state index in [4.69, 9.17) is 10.5 Å². The smallest absolute Gasteiger partial charge is 0.128 e. The number of aliphatic hydroxyl groups is 1. The Bertz CT molecular complexity index is 668. The average Bonchev–Trinajstić information content (AvgIpc) is 2.89. The van der Waals surface area contributed by atoms with Gasteiger partial charge in [0.25, 0.3) is 0 Å². The van der Waals surface area contributed by atoms with Crippen LogP contribution in [-0.4, -0.2) is 52.9 Å². The lowest BCUT2D eigenvalue weighted by molar-refractivity contribution is 0.0160. The minimum Gasteiger partial charge on any atom is -0.488 e. The molecule has 0 unspecified atom stereocenters. The van der Waals surface area contributed by atoms with Gasteiger partial charge >= 0.3 is 0 Å². The monoisotopic (exact) mass is 345 g/mol. The molecule has 5 nitrogen and oxygen atoms in total. The first kappa shape index (κ1) is 17.8. The molecule has 134 valence electrons. The highest BCUT2D eigenvalue weighted by atomic mass is 19.1. The first-order chi connectivity index (χ1) is 12.0. The summed E-state index contributed by atoms with van der Waals surface area (Å²) in [6, 6.07) is 11.3. The number of aromatic nitrogens is 1. The van der Waals surface area contributed by atoms with Gasteiger partial charge in [0.2, 0.25) is 0 Å². The third kappa shape index (κ3) is 4.34. The molecule has 0 aliphatic heterocycles. The van der Waals surface area contributed by atoms with Crippen LogP contribution < -0.4 is 10.5 Å². The molecule has 1 fully saturated rings. The number of nitrogens with two attached hydrogens (primary N) is 1. The molecule has 1 aromatic carbocycles. The first-order valence-electron chi connectivity index (χ1n) is 8.50. The number of halogens is 1. The van der Waals surface area contributed by atoms with Gasteiger partial charge in [-0.2, -0.15) is 0 Å². The van der Waals surface area contributed by atoms with Gasteiger partial charge in [-0.25, -0.2) is 4.39 Å². The van der Waals surface area contributed by atoms with Crippen LogP contribution in [0.3, 0.4) is 0 Å². The van der Waals surface area contributed by atoms with E-state index in [-0.39, 0.29) is 17.9 Å². The zero-order valence-corrected chi connectivity index (χ0v) is 14.3. The molecule has 25 heavy (non-hydrogen) atoms. The molecule has 6 heteroatoms. The van der Waals surface area contributed by atoms with Crippen molar-refractivity contribution < 1.29 is 14.2 Å². The van der Waals surface area contributed by atoms with Crippen LogP contribution in [0, 0.1) is 5.82 Å². The maximum Gasteiger partial charge on any atom is 0.128 e. The molecule has 3 rings (SSSR count). The summed E-state index contributed by atoms with van der Waals surface area (Å²) < 4.78 is 18.8. The third-order valence-electron chi connectivity index (χ3n) is 4.73. The van der Waals surface area contributed by atoms with Gasteiger partial charge < -0.3 is 15.6 Å². The molecule has 1 heterocycles. The molecule has 0 radical (unpaired) electrons. The second-order valence-electron chi connectivity index (χ2n) is 6.54. The summed E-state index contributed by atoms with van der Waals surface area (Å²) in [5.41, 5.74) is 7.26. The summed E-state index contributed by atoms with van der Waals surface area (Å²) in [7, 11) is 1.96. The van der Waals surface area contributed by atoms with Gasteiger partial charge in [0.1, 0.15) is 23.8 Å². The van der Waals surface area contributed by atoms with Crippen LogP contribution in [0.25, 0.3) is 0 Å². The highest BCUT2D eigenvalue weighted by Crippen LogP contribution is 2.27. The molecular formula is C19H24FN3O2. The number of hydrogen-bond acceptors (Lipinski definition) is 5. The van der Waals surface area contributed by atoms with Gasteiger partial charge in [0.05, 0.1) is 6.04 Å². The summed E-state index contributed by atoms with van der Waals surface area (Å²) >= 11 is 0. The number of likely N-dealkylation sites (N-methyl/N-ethyl adjacent to an activating group) is 1.